The monoisotopic (exact) mass is 298 g/mol. The molecular weight excluding hydrogens is 280 g/mol. The van der Waals surface area contributed by atoms with Crippen molar-refractivity contribution in [3.05, 3.63) is 59.4 Å². The summed E-state index contributed by atoms with van der Waals surface area (Å²) in [7, 11) is 2.12. The molecule has 4 nitrogen and oxygen atoms in total. The molecule has 3 heterocycles. The van der Waals surface area contributed by atoms with Gasteiger partial charge < -0.3 is 4.90 Å². The van der Waals surface area contributed by atoms with Gasteiger partial charge in [0.25, 0.3) is 0 Å². The lowest BCUT2D eigenvalue weighted by molar-refractivity contribution is 0.326. The van der Waals surface area contributed by atoms with Crippen molar-refractivity contribution in [2.45, 2.75) is 13.0 Å². The number of nitrogens with one attached hydrogen (secondary N) is 1. The van der Waals surface area contributed by atoms with Crippen LogP contribution in [0.5, 0.6) is 0 Å². The minimum absolute atomic E-state index is 0.866. The first-order valence-corrected chi connectivity index (χ1v) is 7.86. The largest absolute Gasteiger partial charge is 0.300 e. The molecule has 5 heteroatoms. The molecule has 21 heavy (non-hydrogen) atoms. The highest BCUT2D eigenvalue weighted by Gasteiger charge is 2.07. The van der Waals surface area contributed by atoms with Crippen LogP contribution in [0.2, 0.25) is 0 Å². The van der Waals surface area contributed by atoms with E-state index in [1.165, 1.54) is 4.88 Å². The minimum Gasteiger partial charge on any atom is -0.300 e. The Balaban J connectivity index is 1.54. The van der Waals surface area contributed by atoms with Gasteiger partial charge in [-0.25, -0.2) is 0 Å². The second-order valence-corrected chi connectivity index (χ2v) is 6.01. The fourth-order valence-corrected chi connectivity index (χ4v) is 2.90. The summed E-state index contributed by atoms with van der Waals surface area (Å²) in [6.45, 7) is 1.84. The maximum absolute atomic E-state index is 4.38. The van der Waals surface area contributed by atoms with Gasteiger partial charge in [-0.3, -0.25) is 10.1 Å². The Kier molecular flexibility index (Phi) is 4.43. The predicted octanol–water partition coefficient (Wildman–Crippen LogP) is 3.21. The number of thiophene rings is 1. The molecule has 3 aromatic rings. The molecule has 0 saturated carbocycles. The van der Waals surface area contributed by atoms with Crippen LogP contribution >= 0.6 is 11.3 Å². The Bertz CT molecular complexity index is 661. The van der Waals surface area contributed by atoms with E-state index in [0.717, 1.165) is 36.6 Å². The molecule has 0 aliphatic carbocycles. The summed E-state index contributed by atoms with van der Waals surface area (Å²) in [5.41, 5.74) is 3.30. The molecule has 0 aliphatic rings. The van der Waals surface area contributed by atoms with Gasteiger partial charge in [0.1, 0.15) is 5.69 Å². The molecule has 0 atom stereocenters. The lowest BCUT2D eigenvalue weighted by Gasteiger charge is -2.14. The summed E-state index contributed by atoms with van der Waals surface area (Å²) in [5, 5.41) is 9.57. The second-order valence-electron chi connectivity index (χ2n) is 5.06. The van der Waals surface area contributed by atoms with E-state index in [9.17, 15) is 0 Å². The molecule has 0 bridgehead atoms. The zero-order chi connectivity index (χ0) is 14.5. The van der Waals surface area contributed by atoms with E-state index >= 15 is 0 Å². The summed E-state index contributed by atoms with van der Waals surface area (Å²) in [6, 6.07) is 12.3. The maximum Gasteiger partial charge on any atom is 0.102 e. The minimum atomic E-state index is 0.866. The molecule has 0 radical (unpaired) electrons. The van der Waals surface area contributed by atoms with Gasteiger partial charge in [-0.1, -0.05) is 12.1 Å². The number of hydrogen-bond donors (Lipinski definition) is 1. The van der Waals surface area contributed by atoms with Crippen LogP contribution in [0.4, 0.5) is 0 Å². The SMILES string of the molecule is CN(CCc1ccccn1)Cc1cc(-c2cccs2)n[nH]1. The zero-order valence-corrected chi connectivity index (χ0v) is 12.8. The first-order chi connectivity index (χ1) is 10.3. The van der Waals surface area contributed by atoms with Crippen molar-refractivity contribution < 1.29 is 0 Å². The third kappa shape index (κ3) is 3.77. The molecule has 0 aromatic carbocycles. The van der Waals surface area contributed by atoms with Crippen molar-refractivity contribution in [1.82, 2.24) is 20.1 Å². The molecule has 0 saturated heterocycles. The standard InChI is InChI=1S/C16H18N4S/c1-20(9-7-13-5-2-3-8-17-13)12-14-11-15(19-18-14)16-6-4-10-21-16/h2-6,8,10-11H,7,9,12H2,1H3,(H,18,19). The van der Waals surface area contributed by atoms with E-state index in [4.69, 9.17) is 0 Å². The quantitative estimate of drug-likeness (QED) is 0.760. The van der Waals surface area contributed by atoms with Crippen LogP contribution in [0.15, 0.2) is 48.0 Å². The van der Waals surface area contributed by atoms with Crippen LogP contribution in [0.3, 0.4) is 0 Å². The molecule has 0 fully saturated rings. The normalized spacial score (nSPS) is 11.1. The smallest absolute Gasteiger partial charge is 0.102 e. The Morgan fingerprint density at radius 1 is 1.24 bits per heavy atom. The van der Waals surface area contributed by atoms with Gasteiger partial charge in [0.15, 0.2) is 0 Å². The summed E-state index contributed by atoms with van der Waals surface area (Å²) in [4.78, 5) is 7.83. The zero-order valence-electron chi connectivity index (χ0n) is 12.0. The van der Waals surface area contributed by atoms with E-state index in [-0.39, 0.29) is 0 Å². The lowest BCUT2D eigenvalue weighted by atomic mass is 10.2. The third-order valence-electron chi connectivity index (χ3n) is 3.32. The first-order valence-electron chi connectivity index (χ1n) is 6.98. The highest BCUT2D eigenvalue weighted by molar-refractivity contribution is 7.13. The van der Waals surface area contributed by atoms with Gasteiger partial charge in [0.2, 0.25) is 0 Å². The molecular formula is C16H18N4S. The summed E-state index contributed by atoms with van der Waals surface area (Å²) >= 11 is 1.71. The second kappa shape index (κ2) is 6.65. The Morgan fingerprint density at radius 2 is 2.19 bits per heavy atom. The molecule has 3 rings (SSSR count). The van der Waals surface area contributed by atoms with Crippen molar-refractivity contribution in [3.8, 4) is 10.6 Å². The van der Waals surface area contributed by atoms with Crippen molar-refractivity contribution in [2.24, 2.45) is 0 Å². The van der Waals surface area contributed by atoms with Gasteiger partial charge in [-0.2, -0.15) is 5.10 Å². The number of pyridine rings is 1. The van der Waals surface area contributed by atoms with E-state index in [2.05, 4.69) is 50.7 Å². The molecule has 0 amide bonds. The molecule has 1 N–H and O–H groups in total. The van der Waals surface area contributed by atoms with E-state index in [1.807, 2.05) is 24.4 Å². The highest BCUT2D eigenvalue weighted by Crippen LogP contribution is 2.23. The fourth-order valence-electron chi connectivity index (χ4n) is 2.21. The highest BCUT2D eigenvalue weighted by atomic mass is 32.1. The number of likely N-dealkylation sites (N-methyl/N-ethyl adjacent to an activating group) is 1. The average molecular weight is 298 g/mol. The van der Waals surface area contributed by atoms with Gasteiger partial charge in [-0.05, 0) is 36.7 Å². The van der Waals surface area contributed by atoms with Crippen LogP contribution in [0.1, 0.15) is 11.4 Å². The molecule has 0 unspecified atom stereocenters. The molecule has 0 spiro atoms. The molecule has 3 aromatic heterocycles. The van der Waals surface area contributed by atoms with Crippen LogP contribution in [-0.4, -0.2) is 33.7 Å². The first kappa shape index (κ1) is 14.0. The predicted molar refractivity (Wildman–Crippen MR) is 86.2 cm³/mol. The van der Waals surface area contributed by atoms with Crippen molar-refractivity contribution >= 4 is 11.3 Å². The molecule has 0 aliphatic heterocycles. The van der Waals surface area contributed by atoms with E-state index < -0.39 is 0 Å². The van der Waals surface area contributed by atoms with Crippen molar-refractivity contribution in [3.63, 3.8) is 0 Å². The number of nitrogens with zero attached hydrogens (tertiary/aromatic N) is 3. The van der Waals surface area contributed by atoms with Gasteiger partial charge in [0, 0.05) is 37.1 Å². The van der Waals surface area contributed by atoms with Crippen LogP contribution < -0.4 is 0 Å². The third-order valence-corrected chi connectivity index (χ3v) is 4.21. The molecule has 108 valence electrons. The number of rotatable bonds is 6. The summed E-state index contributed by atoms with van der Waals surface area (Å²) in [5.74, 6) is 0. The Labute approximate surface area is 128 Å². The summed E-state index contributed by atoms with van der Waals surface area (Å²) in [6.07, 6.45) is 2.81. The van der Waals surface area contributed by atoms with Crippen LogP contribution in [-0.2, 0) is 13.0 Å². The van der Waals surface area contributed by atoms with Crippen LogP contribution in [0.25, 0.3) is 10.6 Å². The van der Waals surface area contributed by atoms with Gasteiger partial charge in [-0.15, -0.1) is 11.3 Å². The number of H-pyrrole nitrogens is 1. The van der Waals surface area contributed by atoms with E-state index in [0.29, 0.717) is 0 Å². The number of aromatic nitrogens is 3. The summed E-state index contributed by atoms with van der Waals surface area (Å²) < 4.78 is 0. The lowest BCUT2D eigenvalue weighted by Crippen LogP contribution is -2.21. The van der Waals surface area contributed by atoms with Crippen molar-refractivity contribution in [1.29, 1.82) is 0 Å². The fraction of sp³-hybridized carbons (Fsp3) is 0.250. The Hall–Kier alpha value is -1.98. The topological polar surface area (TPSA) is 44.8 Å². The van der Waals surface area contributed by atoms with Crippen LogP contribution in [0, 0.1) is 0 Å². The maximum atomic E-state index is 4.38. The van der Waals surface area contributed by atoms with Gasteiger partial charge in [0.05, 0.1) is 4.88 Å². The number of hydrogen-bond acceptors (Lipinski definition) is 4. The average Bonchev–Trinajstić information content (AvgIpc) is 3.17. The van der Waals surface area contributed by atoms with E-state index in [1.54, 1.807) is 11.3 Å². The number of aromatic amines is 1. The van der Waals surface area contributed by atoms with Crippen molar-refractivity contribution in [2.75, 3.05) is 13.6 Å². The van der Waals surface area contributed by atoms with Gasteiger partial charge >= 0.3 is 0 Å². The Morgan fingerprint density at radius 3 is 2.95 bits per heavy atom.